The first kappa shape index (κ1) is 16.6. The van der Waals surface area contributed by atoms with Crippen molar-refractivity contribution in [3.8, 4) is 0 Å². The summed E-state index contributed by atoms with van der Waals surface area (Å²) in [7, 11) is 1.90. The van der Waals surface area contributed by atoms with Crippen LogP contribution in [0, 0.1) is 5.92 Å². The maximum absolute atomic E-state index is 12.0. The Balaban J connectivity index is 1.53. The van der Waals surface area contributed by atoms with Crippen molar-refractivity contribution in [3.63, 3.8) is 0 Å². The van der Waals surface area contributed by atoms with Crippen molar-refractivity contribution in [1.82, 2.24) is 15.1 Å². The van der Waals surface area contributed by atoms with Crippen LogP contribution < -0.4 is 5.32 Å². The number of hydrogen-bond acceptors (Lipinski definition) is 3. The number of nitrogens with zero attached hydrogens (tertiary/aromatic N) is 2. The number of urea groups is 1. The van der Waals surface area contributed by atoms with E-state index in [2.05, 4.69) is 10.2 Å². The van der Waals surface area contributed by atoms with Crippen LogP contribution in [0.2, 0.25) is 0 Å². The van der Waals surface area contributed by atoms with Gasteiger partial charge in [0.05, 0.1) is 0 Å². The van der Waals surface area contributed by atoms with Crippen LogP contribution in [0.15, 0.2) is 0 Å². The summed E-state index contributed by atoms with van der Waals surface area (Å²) in [5.74, 6) is 0.600. The minimum absolute atomic E-state index is 0.0696. The molecule has 0 aromatic heterocycles. The lowest BCUT2D eigenvalue weighted by Crippen LogP contribution is -2.42. The first-order chi connectivity index (χ1) is 10.3. The second kappa shape index (κ2) is 9.26. The van der Waals surface area contributed by atoms with Gasteiger partial charge in [-0.3, -0.25) is 0 Å². The zero-order valence-electron chi connectivity index (χ0n) is 13.5. The van der Waals surface area contributed by atoms with E-state index in [-0.39, 0.29) is 6.03 Å². The number of piperidine rings is 1. The monoisotopic (exact) mass is 297 g/mol. The molecule has 0 aliphatic carbocycles. The topological polar surface area (TPSA) is 44.8 Å². The Bertz CT molecular complexity index is 300. The van der Waals surface area contributed by atoms with Gasteiger partial charge in [0.25, 0.3) is 0 Å². The molecule has 0 bridgehead atoms. The smallest absolute Gasteiger partial charge is 0.317 e. The molecule has 0 spiro atoms. The third-order valence-corrected chi connectivity index (χ3v) is 4.60. The largest absolute Gasteiger partial charge is 0.381 e. The van der Waals surface area contributed by atoms with Crippen molar-refractivity contribution in [2.75, 3.05) is 53.0 Å². The first-order valence-corrected chi connectivity index (χ1v) is 8.55. The highest BCUT2D eigenvalue weighted by atomic mass is 16.5. The predicted octanol–water partition coefficient (Wildman–Crippen LogP) is 1.93. The molecule has 2 aliphatic rings. The number of likely N-dealkylation sites (tertiary alicyclic amines) is 1. The van der Waals surface area contributed by atoms with Crippen LogP contribution >= 0.6 is 0 Å². The lowest BCUT2D eigenvalue weighted by molar-refractivity contribution is 0.0586. The minimum Gasteiger partial charge on any atom is -0.381 e. The summed E-state index contributed by atoms with van der Waals surface area (Å²) in [6.07, 6.45) is 7.25. The molecule has 2 fully saturated rings. The Labute approximate surface area is 129 Å². The van der Waals surface area contributed by atoms with Gasteiger partial charge in [0.15, 0.2) is 0 Å². The summed E-state index contributed by atoms with van der Waals surface area (Å²) in [5.41, 5.74) is 0. The summed E-state index contributed by atoms with van der Waals surface area (Å²) in [6, 6.07) is 0.0696. The van der Waals surface area contributed by atoms with Gasteiger partial charge in [-0.2, -0.15) is 0 Å². The van der Waals surface area contributed by atoms with E-state index in [1.54, 1.807) is 0 Å². The summed E-state index contributed by atoms with van der Waals surface area (Å²) < 4.78 is 5.36. The highest BCUT2D eigenvalue weighted by molar-refractivity contribution is 5.73. The number of carbonyl (C=O) groups is 1. The fraction of sp³-hybridized carbons (Fsp3) is 0.938. The summed E-state index contributed by atoms with van der Waals surface area (Å²) >= 11 is 0. The molecule has 0 aromatic carbocycles. The van der Waals surface area contributed by atoms with Crippen molar-refractivity contribution in [2.45, 2.75) is 38.5 Å². The van der Waals surface area contributed by atoms with Crippen LogP contribution in [-0.2, 0) is 4.74 Å². The highest BCUT2D eigenvalue weighted by Crippen LogP contribution is 2.15. The SMILES string of the molecule is CN(CC1CCOCC1)C(=O)NCCCN1CCCCC1. The quantitative estimate of drug-likeness (QED) is 0.762. The molecule has 2 saturated heterocycles. The maximum Gasteiger partial charge on any atom is 0.317 e. The van der Waals surface area contributed by atoms with E-state index in [9.17, 15) is 4.79 Å². The molecule has 0 radical (unpaired) electrons. The molecule has 0 unspecified atom stereocenters. The maximum atomic E-state index is 12.0. The van der Waals surface area contributed by atoms with E-state index in [1.165, 1.54) is 32.4 Å². The Morgan fingerprint density at radius 2 is 1.95 bits per heavy atom. The predicted molar refractivity (Wildman–Crippen MR) is 84.5 cm³/mol. The summed E-state index contributed by atoms with van der Waals surface area (Å²) in [6.45, 7) is 6.90. The van der Waals surface area contributed by atoms with Gasteiger partial charge in [0, 0.05) is 33.4 Å². The van der Waals surface area contributed by atoms with Gasteiger partial charge in [0.1, 0.15) is 0 Å². The number of nitrogens with one attached hydrogen (secondary N) is 1. The zero-order valence-corrected chi connectivity index (χ0v) is 13.5. The third kappa shape index (κ3) is 6.22. The molecule has 0 aromatic rings. The average molecular weight is 297 g/mol. The van der Waals surface area contributed by atoms with Crippen molar-refractivity contribution in [3.05, 3.63) is 0 Å². The molecular formula is C16H31N3O2. The molecule has 2 amide bonds. The van der Waals surface area contributed by atoms with Gasteiger partial charge >= 0.3 is 6.03 Å². The normalized spacial score (nSPS) is 21.2. The van der Waals surface area contributed by atoms with Gasteiger partial charge in [-0.05, 0) is 57.7 Å². The molecule has 5 nitrogen and oxygen atoms in total. The second-order valence-corrected chi connectivity index (χ2v) is 6.42. The van der Waals surface area contributed by atoms with Crippen molar-refractivity contribution >= 4 is 6.03 Å². The van der Waals surface area contributed by atoms with Crippen molar-refractivity contribution < 1.29 is 9.53 Å². The number of ether oxygens (including phenoxy) is 1. The summed E-state index contributed by atoms with van der Waals surface area (Å²) in [4.78, 5) is 16.4. The average Bonchev–Trinajstić information content (AvgIpc) is 2.53. The first-order valence-electron chi connectivity index (χ1n) is 8.55. The van der Waals surface area contributed by atoms with Gasteiger partial charge in [-0.15, -0.1) is 0 Å². The number of hydrogen-bond donors (Lipinski definition) is 1. The molecule has 21 heavy (non-hydrogen) atoms. The lowest BCUT2D eigenvalue weighted by atomic mass is 10.0. The van der Waals surface area contributed by atoms with Crippen LogP contribution in [0.5, 0.6) is 0 Å². The third-order valence-electron chi connectivity index (χ3n) is 4.60. The van der Waals surface area contributed by atoms with E-state index in [1.807, 2.05) is 11.9 Å². The zero-order chi connectivity index (χ0) is 14.9. The molecular weight excluding hydrogens is 266 g/mol. The van der Waals surface area contributed by atoms with E-state index in [4.69, 9.17) is 4.74 Å². The summed E-state index contributed by atoms with van der Waals surface area (Å²) in [5, 5.41) is 3.04. The van der Waals surface area contributed by atoms with Crippen LogP contribution in [0.1, 0.15) is 38.5 Å². The lowest BCUT2D eigenvalue weighted by Gasteiger charge is -2.28. The highest BCUT2D eigenvalue weighted by Gasteiger charge is 2.18. The van der Waals surface area contributed by atoms with E-state index in [0.717, 1.165) is 52.1 Å². The van der Waals surface area contributed by atoms with Gasteiger partial charge < -0.3 is 19.9 Å². The molecule has 2 heterocycles. The van der Waals surface area contributed by atoms with Gasteiger partial charge in [-0.1, -0.05) is 6.42 Å². The van der Waals surface area contributed by atoms with Gasteiger partial charge in [0.2, 0.25) is 0 Å². The molecule has 0 atom stereocenters. The van der Waals surface area contributed by atoms with Crippen LogP contribution in [-0.4, -0.2) is 68.8 Å². The van der Waals surface area contributed by atoms with E-state index < -0.39 is 0 Å². The number of amides is 2. The molecule has 5 heteroatoms. The second-order valence-electron chi connectivity index (χ2n) is 6.42. The van der Waals surface area contributed by atoms with Gasteiger partial charge in [-0.25, -0.2) is 4.79 Å². The Morgan fingerprint density at radius 1 is 1.24 bits per heavy atom. The molecule has 2 aliphatic heterocycles. The minimum atomic E-state index is 0.0696. The number of rotatable bonds is 6. The van der Waals surface area contributed by atoms with E-state index >= 15 is 0 Å². The van der Waals surface area contributed by atoms with Crippen LogP contribution in [0.25, 0.3) is 0 Å². The molecule has 0 saturated carbocycles. The fourth-order valence-electron chi connectivity index (χ4n) is 3.22. The molecule has 122 valence electrons. The Hall–Kier alpha value is -0.810. The van der Waals surface area contributed by atoms with E-state index in [0.29, 0.717) is 5.92 Å². The van der Waals surface area contributed by atoms with Crippen molar-refractivity contribution in [1.29, 1.82) is 0 Å². The molecule has 2 rings (SSSR count). The standard InChI is InChI=1S/C16H31N3O2/c1-18(14-15-6-12-21-13-7-15)16(20)17-8-5-11-19-9-3-2-4-10-19/h15H,2-14H2,1H3,(H,17,20). The Morgan fingerprint density at radius 3 is 2.67 bits per heavy atom. The van der Waals surface area contributed by atoms with Crippen molar-refractivity contribution in [2.24, 2.45) is 5.92 Å². The number of carbonyl (C=O) groups excluding carboxylic acids is 1. The Kier molecular flexibility index (Phi) is 7.30. The fourth-order valence-corrected chi connectivity index (χ4v) is 3.22. The molecule has 1 N–H and O–H groups in total. The van der Waals surface area contributed by atoms with Crippen LogP contribution in [0.3, 0.4) is 0 Å². The van der Waals surface area contributed by atoms with Crippen LogP contribution in [0.4, 0.5) is 4.79 Å².